The van der Waals surface area contributed by atoms with Crippen molar-refractivity contribution in [1.82, 2.24) is 0 Å². The van der Waals surface area contributed by atoms with Crippen molar-refractivity contribution in [2.24, 2.45) is 0 Å². The van der Waals surface area contributed by atoms with E-state index in [4.69, 9.17) is 10.2 Å². The molecule has 0 aliphatic carbocycles. The summed E-state index contributed by atoms with van der Waals surface area (Å²) in [7, 11) is 0. The van der Waals surface area contributed by atoms with Gasteiger partial charge in [0, 0.05) is 8.95 Å². The summed E-state index contributed by atoms with van der Waals surface area (Å²) in [6.07, 6.45) is 0. The molecule has 0 saturated carbocycles. The minimum absolute atomic E-state index is 0.130. The van der Waals surface area contributed by atoms with Crippen molar-refractivity contribution in [2.75, 3.05) is 0 Å². The van der Waals surface area contributed by atoms with E-state index in [-0.39, 0.29) is 11.5 Å². The first-order valence-electron chi connectivity index (χ1n) is 2.48. The Hall–Kier alpha value is -0.220. The largest absolute Gasteiger partial charge is 0.504 e. The first kappa shape index (κ1) is 7.88. The molecule has 10 heavy (non-hydrogen) atoms. The standard InChI is InChI=1S/C6H4Br2O2/c7-3-1-5(9)6(10)2-4(3)8/h1-2,9-10H. The quantitative estimate of drug-likeness (QED) is 0.710. The molecule has 0 spiro atoms. The summed E-state index contributed by atoms with van der Waals surface area (Å²) in [5, 5.41) is 17.8. The molecule has 0 saturated heterocycles. The Morgan fingerprint density at radius 2 is 1.20 bits per heavy atom. The van der Waals surface area contributed by atoms with E-state index in [0.29, 0.717) is 8.95 Å². The minimum Gasteiger partial charge on any atom is -0.504 e. The van der Waals surface area contributed by atoms with E-state index in [9.17, 15) is 0 Å². The fourth-order valence-electron chi connectivity index (χ4n) is 0.526. The lowest BCUT2D eigenvalue weighted by Gasteiger charge is -1.99. The van der Waals surface area contributed by atoms with Crippen LogP contribution in [0.3, 0.4) is 0 Å². The van der Waals surface area contributed by atoms with Gasteiger partial charge in [-0.3, -0.25) is 0 Å². The normalized spacial score (nSPS) is 9.80. The summed E-state index contributed by atoms with van der Waals surface area (Å²) in [5.41, 5.74) is 0. The van der Waals surface area contributed by atoms with Crippen LogP contribution in [0.5, 0.6) is 11.5 Å². The van der Waals surface area contributed by atoms with Crippen molar-refractivity contribution >= 4 is 31.9 Å². The van der Waals surface area contributed by atoms with Crippen LogP contribution in [-0.2, 0) is 0 Å². The van der Waals surface area contributed by atoms with Crippen molar-refractivity contribution in [1.29, 1.82) is 0 Å². The van der Waals surface area contributed by atoms with Crippen molar-refractivity contribution in [2.45, 2.75) is 0 Å². The maximum Gasteiger partial charge on any atom is 0.158 e. The minimum atomic E-state index is -0.130. The summed E-state index contributed by atoms with van der Waals surface area (Å²) in [4.78, 5) is 0. The van der Waals surface area contributed by atoms with Gasteiger partial charge in [-0.15, -0.1) is 0 Å². The fraction of sp³-hybridized carbons (Fsp3) is 0. The number of aromatic hydroxyl groups is 2. The first-order chi connectivity index (χ1) is 4.61. The molecule has 0 unspecified atom stereocenters. The van der Waals surface area contributed by atoms with E-state index in [2.05, 4.69) is 31.9 Å². The molecule has 0 amide bonds. The molecule has 0 aliphatic rings. The molecule has 1 aromatic rings. The highest BCUT2D eigenvalue weighted by atomic mass is 79.9. The van der Waals surface area contributed by atoms with E-state index in [1.165, 1.54) is 12.1 Å². The van der Waals surface area contributed by atoms with Crippen molar-refractivity contribution < 1.29 is 10.2 Å². The van der Waals surface area contributed by atoms with E-state index < -0.39 is 0 Å². The number of hydrogen-bond acceptors (Lipinski definition) is 2. The fourth-order valence-corrected chi connectivity index (χ4v) is 1.19. The Bertz CT molecular complexity index is 210. The lowest BCUT2D eigenvalue weighted by atomic mass is 10.3. The highest BCUT2D eigenvalue weighted by Crippen LogP contribution is 2.34. The van der Waals surface area contributed by atoms with Gasteiger partial charge < -0.3 is 10.2 Å². The summed E-state index contributed by atoms with van der Waals surface area (Å²) >= 11 is 6.32. The molecule has 2 nitrogen and oxygen atoms in total. The number of phenolic OH excluding ortho intramolecular Hbond substituents is 2. The van der Waals surface area contributed by atoms with Gasteiger partial charge in [0.2, 0.25) is 0 Å². The van der Waals surface area contributed by atoms with E-state index >= 15 is 0 Å². The summed E-state index contributed by atoms with van der Waals surface area (Å²) in [5.74, 6) is -0.259. The lowest BCUT2D eigenvalue weighted by Crippen LogP contribution is -1.71. The predicted octanol–water partition coefficient (Wildman–Crippen LogP) is 2.62. The molecule has 2 N–H and O–H groups in total. The van der Waals surface area contributed by atoms with Gasteiger partial charge in [-0.05, 0) is 44.0 Å². The highest BCUT2D eigenvalue weighted by molar-refractivity contribution is 9.13. The predicted molar refractivity (Wildman–Crippen MR) is 45.2 cm³/mol. The average Bonchev–Trinajstić information content (AvgIpc) is 1.84. The van der Waals surface area contributed by atoms with Crippen LogP contribution in [0.1, 0.15) is 0 Å². The van der Waals surface area contributed by atoms with Gasteiger partial charge in [0.15, 0.2) is 11.5 Å². The summed E-state index contributed by atoms with van der Waals surface area (Å²) < 4.78 is 1.42. The van der Waals surface area contributed by atoms with Gasteiger partial charge in [-0.25, -0.2) is 0 Å². The highest BCUT2D eigenvalue weighted by Gasteiger charge is 2.02. The number of benzene rings is 1. The maximum absolute atomic E-state index is 8.92. The van der Waals surface area contributed by atoms with Gasteiger partial charge >= 0.3 is 0 Å². The summed E-state index contributed by atoms with van der Waals surface area (Å²) in [6.45, 7) is 0. The molecular formula is C6H4Br2O2. The monoisotopic (exact) mass is 266 g/mol. The SMILES string of the molecule is Oc1cc(Br)c(Br)cc1O. The van der Waals surface area contributed by atoms with E-state index in [1.807, 2.05) is 0 Å². The molecule has 1 rings (SSSR count). The van der Waals surface area contributed by atoms with Gasteiger partial charge in [0.1, 0.15) is 0 Å². The molecule has 0 aliphatic heterocycles. The first-order valence-corrected chi connectivity index (χ1v) is 4.07. The van der Waals surface area contributed by atoms with Crippen molar-refractivity contribution in [3.63, 3.8) is 0 Å². The number of hydrogen-bond donors (Lipinski definition) is 2. The van der Waals surface area contributed by atoms with Crippen LogP contribution in [0.15, 0.2) is 21.1 Å². The van der Waals surface area contributed by atoms with Crippen LogP contribution >= 0.6 is 31.9 Å². The average molecular weight is 268 g/mol. The molecule has 4 heteroatoms. The molecule has 0 fully saturated rings. The second kappa shape index (κ2) is 2.80. The van der Waals surface area contributed by atoms with Crippen LogP contribution in [-0.4, -0.2) is 10.2 Å². The number of rotatable bonds is 0. The van der Waals surface area contributed by atoms with Crippen molar-refractivity contribution in [3.8, 4) is 11.5 Å². The van der Waals surface area contributed by atoms with E-state index in [0.717, 1.165) is 0 Å². The smallest absolute Gasteiger partial charge is 0.158 e. The topological polar surface area (TPSA) is 40.5 Å². The zero-order chi connectivity index (χ0) is 7.72. The Morgan fingerprint density at radius 1 is 0.900 bits per heavy atom. The zero-order valence-corrected chi connectivity index (χ0v) is 7.98. The zero-order valence-electron chi connectivity index (χ0n) is 4.81. The molecule has 54 valence electrons. The van der Waals surface area contributed by atoms with Crippen LogP contribution in [0.25, 0.3) is 0 Å². The van der Waals surface area contributed by atoms with Gasteiger partial charge in [-0.1, -0.05) is 0 Å². The molecule has 0 bridgehead atoms. The molecule has 1 aromatic carbocycles. The summed E-state index contributed by atoms with van der Waals surface area (Å²) in [6, 6.07) is 2.83. The number of phenols is 2. The molecular weight excluding hydrogens is 264 g/mol. The third-order valence-electron chi connectivity index (χ3n) is 1.02. The Labute approximate surface area is 74.8 Å². The van der Waals surface area contributed by atoms with Crippen LogP contribution < -0.4 is 0 Å². The maximum atomic E-state index is 8.92. The second-order valence-electron chi connectivity index (χ2n) is 1.76. The third-order valence-corrected chi connectivity index (χ3v) is 2.86. The second-order valence-corrected chi connectivity index (χ2v) is 3.46. The van der Waals surface area contributed by atoms with Gasteiger partial charge in [-0.2, -0.15) is 0 Å². The van der Waals surface area contributed by atoms with Crippen molar-refractivity contribution in [3.05, 3.63) is 21.1 Å². The van der Waals surface area contributed by atoms with Crippen LogP contribution in [0.2, 0.25) is 0 Å². The molecule has 0 radical (unpaired) electrons. The van der Waals surface area contributed by atoms with Gasteiger partial charge in [0.25, 0.3) is 0 Å². The molecule has 0 heterocycles. The third kappa shape index (κ3) is 1.44. The van der Waals surface area contributed by atoms with Gasteiger partial charge in [0.05, 0.1) is 0 Å². The molecule has 0 aromatic heterocycles. The molecule has 0 atom stereocenters. The van der Waals surface area contributed by atoms with Crippen LogP contribution in [0, 0.1) is 0 Å². The Kier molecular flexibility index (Phi) is 2.21. The Balaban J connectivity index is 3.28. The Morgan fingerprint density at radius 3 is 1.50 bits per heavy atom. The lowest BCUT2D eigenvalue weighted by molar-refractivity contribution is 0.403. The van der Waals surface area contributed by atoms with E-state index in [1.54, 1.807) is 0 Å². The van der Waals surface area contributed by atoms with Crippen LogP contribution in [0.4, 0.5) is 0 Å². The number of halogens is 2.